The highest BCUT2D eigenvalue weighted by molar-refractivity contribution is 7.17. The number of hydrogen-bond donors (Lipinski definition) is 1. The minimum Gasteiger partial charge on any atom is -0.345 e. The van der Waals surface area contributed by atoms with Crippen LogP contribution < -0.4 is 5.32 Å². The maximum absolute atomic E-state index is 12.4. The minimum atomic E-state index is -0.0964. The van der Waals surface area contributed by atoms with Crippen molar-refractivity contribution in [1.82, 2.24) is 15.3 Å². The topological polar surface area (TPSA) is 54.9 Å². The first-order valence-corrected chi connectivity index (χ1v) is 10.3. The van der Waals surface area contributed by atoms with E-state index in [2.05, 4.69) is 15.3 Å². The number of amides is 1. The lowest BCUT2D eigenvalue weighted by Gasteiger charge is -2.01. The molecule has 0 aliphatic carbocycles. The summed E-state index contributed by atoms with van der Waals surface area (Å²) in [6.07, 6.45) is 3.48. The number of carbonyl (C=O) groups is 1. The molecular weight excluding hydrogens is 398 g/mol. The molecular formula is C20H14ClN3OS2. The van der Waals surface area contributed by atoms with Crippen molar-refractivity contribution in [2.45, 2.75) is 6.54 Å². The van der Waals surface area contributed by atoms with E-state index in [0.717, 1.165) is 26.7 Å². The van der Waals surface area contributed by atoms with Gasteiger partial charge in [0.15, 0.2) is 0 Å². The van der Waals surface area contributed by atoms with E-state index in [9.17, 15) is 4.79 Å². The number of nitrogens with zero attached hydrogens (tertiary/aromatic N) is 2. The highest BCUT2D eigenvalue weighted by Crippen LogP contribution is 2.29. The molecule has 0 saturated carbocycles. The van der Waals surface area contributed by atoms with Gasteiger partial charge in [0.05, 0.1) is 17.1 Å². The van der Waals surface area contributed by atoms with Gasteiger partial charge in [-0.2, -0.15) is 0 Å². The molecule has 0 aliphatic rings. The molecule has 0 saturated heterocycles. The third-order valence-electron chi connectivity index (χ3n) is 3.89. The lowest BCUT2D eigenvalue weighted by Crippen LogP contribution is -2.21. The molecule has 0 radical (unpaired) electrons. The van der Waals surface area contributed by atoms with Gasteiger partial charge in [0.2, 0.25) is 0 Å². The van der Waals surface area contributed by atoms with Gasteiger partial charge in [0, 0.05) is 33.2 Å². The Morgan fingerprint density at radius 1 is 1.00 bits per heavy atom. The second-order valence-corrected chi connectivity index (χ2v) is 8.18. The van der Waals surface area contributed by atoms with Gasteiger partial charge >= 0.3 is 0 Å². The maximum Gasteiger partial charge on any atom is 0.261 e. The molecule has 0 atom stereocenters. The van der Waals surface area contributed by atoms with Crippen molar-refractivity contribution in [3.05, 3.63) is 81.2 Å². The summed E-state index contributed by atoms with van der Waals surface area (Å²) in [5.41, 5.74) is 2.96. The van der Waals surface area contributed by atoms with Crippen LogP contribution in [0.1, 0.15) is 14.7 Å². The van der Waals surface area contributed by atoms with Crippen LogP contribution in [-0.2, 0) is 6.54 Å². The standard InChI is InChI=1S/C20H14ClN3OS2/c21-15-3-1-14(2-4-15)17-5-6-18(27-17)20(25)23-11-19-24-16(12-26-19)13-7-9-22-10-8-13/h1-10,12H,11H2,(H,23,25). The summed E-state index contributed by atoms with van der Waals surface area (Å²) in [6.45, 7) is 0.406. The zero-order valence-corrected chi connectivity index (χ0v) is 16.4. The number of carbonyl (C=O) groups excluding carboxylic acids is 1. The molecule has 3 heterocycles. The predicted octanol–water partition coefficient (Wildman–Crippen LogP) is 5.52. The summed E-state index contributed by atoms with van der Waals surface area (Å²) in [7, 11) is 0. The Morgan fingerprint density at radius 2 is 1.78 bits per heavy atom. The molecule has 0 bridgehead atoms. The van der Waals surface area contributed by atoms with Crippen molar-refractivity contribution in [1.29, 1.82) is 0 Å². The van der Waals surface area contributed by atoms with Crippen LogP contribution in [-0.4, -0.2) is 15.9 Å². The molecule has 7 heteroatoms. The molecule has 0 aliphatic heterocycles. The first-order valence-electron chi connectivity index (χ1n) is 8.18. The molecule has 0 spiro atoms. The van der Waals surface area contributed by atoms with Crippen LogP contribution in [0.5, 0.6) is 0 Å². The maximum atomic E-state index is 12.4. The average Bonchev–Trinajstić information content (AvgIpc) is 3.37. The number of thiazole rings is 1. The van der Waals surface area contributed by atoms with Crippen LogP contribution in [0.2, 0.25) is 5.02 Å². The first kappa shape index (κ1) is 17.9. The Balaban J connectivity index is 1.40. The molecule has 0 fully saturated rings. The largest absolute Gasteiger partial charge is 0.345 e. The zero-order chi connectivity index (χ0) is 18.6. The van der Waals surface area contributed by atoms with E-state index in [1.54, 1.807) is 12.4 Å². The van der Waals surface area contributed by atoms with E-state index in [1.165, 1.54) is 22.7 Å². The fourth-order valence-corrected chi connectivity index (χ4v) is 4.32. The monoisotopic (exact) mass is 411 g/mol. The molecule has 4 aromatic rings. The van der Waals surface area contributed by atoms with Crippen molar-refractivity contribution in [2.75, 3.05) is 0 Å². The highest BCUT2D eigenvalue weighted by atomic mass is 35.5. The van der Waals surface area contributed by atoms with E-state index in [0.29, 0.717) is 16.4 Å². The molecule has 0 unspecified atom stereocenters. The Hall–Kier alpha value is -2.54. The zero-order valence-electron chi connectivity index (χ0n) is 14.1. The van der Waals surface area contributed by atoms with E-state index in [-0.39, 0.29) is 5.91 Å². The average molecular weight is 412 g/mol. The number of thiophene rings is 1. The van der Waals surface area contributed by atoms with Gasteiger partial charge in [0.25, 0.3) is 5.91 Å². The van der Waals surface area contributed by atoms with E-state index >= 15 is 0 Å². The fraction of sp³-hybridized carbons (Fsp3) is 0.0500. The van der Waals surface area contributed by atoms with Gasteiger partial charge in [0.1, 0.15) is 5.01 Å². The molecule has 1 amide bonds. The molecule has 1 aromatic carbocycles. The first-order chi connectivity index (χ1) is 13.2. The Morgan fingerprint density at radius 3 is 2.56 bits per heavy atom. The third kappa shape index (κ3) is 4.24. The van der Waals surface area contributed by atoms with E-state index in [1.807, 2.05) is 53.9 Å². The minimum absolute atomic E-state index is 0.0964. The summed E-state index contributed by atoms with van der Waals surface area (Å²) in [6, 6.07) is 15.2. The van der Waals surface area contributed by atoms with Crippen molar-refractivity contribution in [2.24, 2.45) is 0 Å². The van der Waals surface area contributed by atoms with E-state index < -0.39 is 0 Å². The van der Waals surface area contributed by atoms with Crippen LogP contribution >= 0.6 is 34.3 Å². The molecule has 4 rings (SSSR count). The Kier molecular flexibility index (Phi) is 5.29. The third-order valence-corrected chi connectivity index (χ3v) is 6.12. The van der Waals surface area contributed by atoms with Gasteiger partial charge in [-0.05, 0) is 42.0 Å². The summed E-state index contributed by atoms with van der Waals surface area (Å²) in [5, 5.41) is 6.49. The summed E-state index contributed by atoms with van der Waals surface area (Å²) in [5.74, 6) is -0.0964. The number of benzene rings is 1. The highest BCUT2D eigenvalue weighted by Gasteiger charge is 2.11. The fourth-order valence-electron chi connectivity index (χ4n) is 2.52. The molecule has 134 valence electrons. The van der Waals surface area contributed by atoms with Crippen LogP contribution in [0.25, 0.3) is 21.7 Å². The van der Waals surface area contributed by atoms with Gasteiger partial charge in [-0.3, -0.25) is 9.78 Å². The number of aromatic nitrogens is 2. The number of rotatable bonds is 5. The lowest BCUT2D eigenvalue weighted by atomic mass is 10.2. The van der Waals surface area contributed by atoms with Gasteiger partial charge in [-0.15, -0.1) is 22.7 Å². The van der Waals surface area contributed by atoms with Gasteiger partial charge in [-0.1, -0.05) is 23.7 Å². The van der Waals surface area contributed by atoms with E-state index in [4.69, 9.17) is 11.6 Å². The Bertz CT molecular complexity index is 1060. The van der Waals surface area contributed by atoms with Crippen molar-refractivity contribution in [3.63, 3.8) is 0 Å². The number of pyridine rings is 1. The number of hydrogen-bond acceptors (Lipinski definition) is 5. The molecule has 1 N–H and O–H groups in total. The second kappa shape index (κ2) is 8.00. The summed E-state index contributed by atoms with van der Waals surface area (Å²) < 4.78 is 0. The SMILES string of the molecule is O=C(NCc1nc(-c2ccncc2)cs1)c1ccc(-c2ccc(Cl)cc2)s1. The molecule has 4 nitrogen and oxygen atoms in total. The number of nitrogens with one attached hydrogen (secondary N) is 1. The van der Waals surface area contributed by atoms with Crippen LogP contribution in [0, 0.1) is 0 Å². The summed E-state index contributed by atoms with van der Waals surface area (Å²) >= 11 is 8.91. The normalized spacial score (nSPS) is 10.7. The Labute approximate surface area is 169 Å². The quantitative estimate of drug-likeness (QED) is 0.470. The van der Waals surface area contributed by atoms with Crippen molar-refractivity contribution in [3.8, 4) is 21.7 Å². The van der Waals surface area contributed by atoms with Crippen molar-refractivity contribution < 1.29 is 4.79 Å². The smallest absolute Gasteiger partial charge is 0.261 e. The van der Waals surface area contributed by atoms with Gasteiger partial charge < -0.3 is 5.32 Å². The van der Waals surface area contributed by atoms with Gasteiger partial charge in [-0.25, -0.2) is 4.98 Å². The van der Waals surface area contributed by atoms with Crippen molar-refractivity contribution >= 4 is 40.2 Å². The molecule has 27 heavy (non-hydrogen) atoms. The predicted molar refractivity (Wildman–Crippen MR) is 111 cm³/mol. The summed E-state index contributed by atoms with van der Waals surface area (Å²) in [4.78, 5) is 22.7. The van der Waals surface area contributed by atoms with Crippen LogP contribution in [0.4, 0.5) is 0 Å². The van der Waals surface area contributed by atoms with Crippen LogP contribution in [0.3, 0.4) is 0 Å². The number of halogens is 1. The second-order valence-electron chi connectivity index (χ2n) is 5.72. The molecule has 3 aromatic heterocycles. The van der Waals surface area contributed by atoms with Crippen LogP contribution in [0.15, 0.2) is 66.3 Å². The lowest BCUT2D eigenvalue weighted by molar-refractivity contribution is 0.0955.